The van der Waals surface area contributed by atoms with Crippen LogP contribution in [-0.2, 0) is 4.79 Å². The molecule has 0 spiro atoms. The number of ketones is 1. The number of halogens is 2. The van der Waals surface area contributed by atoms with Crippen molar-refractivity contribution in [2.75, 3.05) is 63.8 Å². The summed E-state index contributed by atoms with van der Waals surface area (Å²) in [7, 11) is 0. The number of carbonyl (C=O) groups excluding carboxylic acids is 3. The number of benzene rings is 2. The molecule has 2 aromatic carbocycles. The molecule has 2 aliphatic rings. The number of Topliss-reactive ketones (excluding diaryl/α,β-unsaturated/α-hetero) is 1. The fourth-order valence-electron chi connectivity index (χ4n) is 4.38. The van der Waals surface area contributed by atoms with Gasteiger partial charge in [0.15, 0.2) is 5.78 Å². The van der Waals surface area contributed by atoms with E-state index in [4.69, 9.17) is 11.6 Å². The van der Waals surface area contributed by atoms with Gasteiger partial charge in [0.1, 0.15) is 5.82 Å². The van der Waals surface area contributed by atoms with Gasteiger partial charge in [-0.3, -0.25) is 19.3 Å². The highest BCUT2D eigenvalue weighted by Gasteiger charge is 2.27. The van der Waals surface area contributed by atoms with E-state index in [0.717, 1.165) is 0 Å². The van der Waals surface area contributed by atoms with Crippen LogP contribution in [-0.4, -0.2) is 91.2 Å². The third-order valence-electron chi connectivity index (χ3n) is 6.42. The molecule has 2 fully saturated rings. The van der Waals surface area contributed by atoms with E-state index in [1.807, 2.05) is 9.80 Å². The topological polar surface area (TPSA) is 64.2 Å². The van der Waals surface area contributed by atoms with E-state index in [0.29, 0.717) is 80.7 Å². The lowest BCUT2D eigenvalue weighted by molar-refractivity contribution is -0.133. The molecule has 2 amide bonds. The summed E-state index contributed by atoms with van der Waals surface area (Å²) in [5.41, 5.74) is 1.38. The Morgan fingerprint density at radius 2 is 1.53 bits per heavy atom. The molecule has 2 saturated heterocycles. The van der Waals surface area contributed by atoms with E-state index in [1.54, 1.807) is 41.3 Å². The number of hydrogen-bond donors (Lipinski definition) is 0. The molecule has 0 atom stereocenters. The maximum atomic E-state index is 14.5. The van der Waals surface area contributed by atoms with E-state index in [2.05, 4.69) is 4.90 Å². The van der Waals surface area contributed by atoms with Crippen LogP contribution in [0, 0.1) is 5.82 Å². The molecule has 0 bridgehead atoms. The predicted molar refractivity (Wildman–Crippen MR) is 129 cm³/mol. The minimum Gasteiger partial charge on any atom is -0.366 e. The molecule has 2 aromatic rings. The van der Waals surface area contributed by atoms with E-state index >= 15 is 0 Å². The van der Waals surface area contributed by atoms with Crippen molar-refractivity contribution in [3.8, 4) is 0 Å². The van der Waals surface area contributed by atoms with Crippen molar-refractivity contribution in [2.45, 2.75) is 6.92 Å². The lowest BCUT2D eigenvalue weighted by Crippen LogP contribution is -2.54. The third-order valence-corrected chi connectivity index (χ3v) is 6.65. The summed E-state index contributed by atoms with van der Waals surface area (Å²) in [6.45, 7) is 6.19. The largest absolute Gasteiger partial charge is 0.366 e. The standard InChI is InChI=1S/C25H28ClFN4O3/c1-18(32)19-5-6-23(22(27)16-19)29-11-13-30(14-12-29)24(33)17-28-7-9-31(10-8-28)25(34)20-3-2-4-21(26)15-20/h2-6,15-16H,7-14,17H2,1H3. The Labute approximate surface area is 203 Å². The average molecular weight is 487 g/mol. The molecule has 7 nitrogen and oxygen atoms in total. The highest BCUT2D eigenvalue weighted by atomic mass is 35.5. The summed E-state index contributed by atoms with van der Waals surface area (Å²) >= 11 is 6.00. The Bertz CT molecular complexity index is 1080. The lowest BCUT2D eigenvalue weighted by atomic mass is 10.1. The first kappa shape index (κ1) is 24.2. The van der Waals surface area contributed by atoms with Gasteiger partial charge in [-0.15, -0.1) is 0 Å². The highest BCUT2D eigenvalue weighted by molar-refractivity contribution is 6.30. The van der Waals surface area contributed by atoms with E-state index in [-0.39, 0.29) is 17.6 Å². The van der Waals surface area contributed by atoms with Crippen LogP contribution in [0.5, 0.6) is 0 Å². The molecule has 2 aliphatic heterocycles. The summed E-state index contributed by atoms with van der Waals surface area (Å²) < 4.78 is 14.5. The van der Waals surface area contributed by atoms with Crippen molar-refractivity contribution in [1.29, 1.82) is 0 Å². The van der Waals surface area contributed by atoms with Crippen LogP contribution in [0.2, 0.25) is 5.02 Å². The Balaban J connectivity index is 1.24. The van der Waals surface area contributed by atoms with Crippen molar-refractivity contribution in [3.63, 3.8) is 0 Å². The lowest BCUT2D eigenvalue weighted by Gasteiger charge is -2.38. The molecule has 0 aliphatic carbocycles. The first-order valence-electron chi connectivity index (χ1n) is 11.4. The minimum absolute atomic E-state index is 0.0432. The second-order valence-electron chi connectivity index (χ2n) is 8.67. The smallest absolute Gasteiger partial charge is 0.253 e. The molecule has 9 heteroatoms. The molecule has 0 radical (unpaired) electrons. The molecule has 0 saturated carbocycles. The number of carbonyl (C=O) groups is 3. The van der Waals surface area contributed by atoms with Crippen molar-refractivity contribution in [3.05, 3.63) is 64.4 Å². The summed E-state index contributed by atoms with van der Waals surface area (Å²) in [4.78, 5) is 44.5. The van der Waals surface area contributed by atoms with Gasteiger partial charge in [-0.2, -0.15) is 0 Å². The highest BCUT2D eigenvalue weighted by Crippen LogP contribution is 2.22. The molecular formula is C25H28ClFN4O3. The monoisotopic (exact) mass is 486 g/mol. The van der Waals surface area contributed by atoms with Crippen LogP contribution >= 0.6 is 11.6 Å². The van der Waals surface area contributed by atoms with Gasteiger partial charge >= 0.3 is 0 Å². The average Bonchev–Trinajstić information content (AvgIpc) is 2.84. The fraction of sp³-hybridized carbons (Fsp3) is 0.400. The summed E-state index contributed by atoms with van der Waals surface area (Å²) in [5, 5.41) is 0.533. The quantitative estimate of drug-likeness (QED) is 0.608. The van der Waals surface area contributed by atoms with Crippen LogP contribution in [0.25, 0.3) is 0 Å². The van der Waals surface area contributed by atoms with Gasteiger partial charge in [0.25, 0.3) is 5.91 Å². The number of hydrogen-bond acceptors (Lipinski definition) is 5. The van der Waals surface area contributed by atoms with Crippen LogP contribution in [0.3, 0.4) is 0 Å². The molecule has 34 heavy (non-hydrogen) atoms. The van der Waals surface area contributed by atoms with E-state index < -0.39 is 5.82 Å². The van der Waals surface area contributed by atoms with Crippen LogP contribution < -0.4 is 4.90 Å². The van der Waals surface area contributed by atoms with Gasteiger partial charge in [-0.25, -0.2) is 4.39 Å². The fourth-order valence-corrected chi connectivity index (χ4v) is 4.57. The molecule has 0 N–H and O–H groups in total. The summed E-state index contributed by atoms with van der Waals surface area (Å²) in [5.74, 6) is -0.594. The van der Waals surface area contributed by atoms with Crippen LogP contribution in [0.4, 0.5) is 10.1 Å². The zero-order valence-corrected chi connectivity index (χ0v) is 19.9. The van der Waals surface area contributed by atoms with Crippen molar-refractivity contribution >= 4 is 34.9 Å². The maximum absolute atomic E-state index is 14.5. The van der Waals surface area contributed by atoms with Crippen molar-refractivity contribution < 1.29 is 18.8 Å². The van der Waals surface area contributed by atoms with Crippen LogP contribution in [0.1, 0.15) is 27.6 Å². The van der Waals surface area contributed by atoms with E-state index in [9.17, 15) is 18.8 Å². The third kappa shape index (κ3) is 5.56. The predicted octanol–water partition coefficient (Wildman–Crippen LogP) is 2.79. The Hall–Kier alpha value is -2.97. The van der Waals surface area contributed by atoms with Gasteiger partial charge in [0, 0.05) is 68.5 Å². The molecule has 0 aromatic heterocycles. The molecule has 0 unspecified atom stereocenters. The normalized spacial score (nSPS) is 17.1. The number of rotatable bonds is 5. The van der Waals surface area contributed by atoms with Gasteiger partial charge in [0.2, 0.25) is 5.91 Å². The first-order chi connectivity index (χ1) is 16.3. The SMILES string of the molecule is CC(=O)c1ccc(N2CCN(C(=O)CN3CCN(C(=O)c4cccc(Cl)c4)CC3)CC2)c(F)c1. The first-order valence-corrected chi connectivity index (χ1v) is 11.8. The zero-order chi connectivity index (χ0) is 24.2. The summed E-state index contributed by atoms with van der Waals surface area (Å²) in [6, 6.07) is 11.5. The Morgan fingerprint density at radius 3 is 2.15 bits per heavy atom. The van der Waals surface area contributed by atoms with Gasteiger partial charge in [-0.1, -0.05) is 17.7 Å². The van der Waals surface area contributed by atoms with Crippen LogP contribution in [0.15, 0.2) is 42.5 Å². The second kappa shape index (κ2) is 10.5. The summed E-state index contributed by atoms with van der Waals surface area (Å²) in [6.07, 6.45) is 0. The van der Waals surface area contributed by atoms with E-state index in [1.165, 1.54) is 13.0 Å². The molecular weight excluding hydrogens is 459 g/mol. The van der Waals surface area contributed by atoms with Crippen molar-refractivity contribution in [2.24, 2.45) is 0 Å². The number of piperazine rings is 2. The zero-order valence-electron chi connectivity index (χ0n) is 19.2. The number of nitrogens with zero attached hydrogens (tertiary/aromatic N) is 4. The number of anilines is 1. The Morgan fingerprint density at radius 1 is 0.853 bits per heavy atom. The Kier molecular flexibility index (Phi) is 7.48. The van der Waals surface area contributed by atoms with Gasteiger partial charge < -0.3 is 14.7 Å². The molecule has 180 valence electrons. The molecule has 2 heterocycles. The van der Waals surface area contributed by atoms with Gasteiger partial charge in [0.05, 0.1) is 12.2 Å². The van der Waals surface area contributed by atoms with Crippen molar-refractivity contribution in [1.82, 2.24) is 14.7 Å². The molecule has 4 rings (SSSR count). The second-order valence-corrected chi connectivity index (χ2v) is 9.11. The maximum Gasteiger partial charge on any atom is 0.253 e. The minimum atomic E-state index is -0.419. The van der Waals surface area contributed by atoms with Gasteiger partial charge in [-0.05, 0) is 43.3 Å². The number of amides is 2.